The summed E-state index contributed by atoms with van der Waals surface area (Å²) in [7, 11) is 2.01. The minimum absolute atomic E-state index is 0.263. The zero-order chi connectivity index (χ0) is 11.1. The molecule has 1 fully saturated rings. The molecule has 0 spiro atoms. The van der Waals surface area contributed by atoms with Gasteiger partial charge < -0.3 is 10.4 Å². The summed E-state index contributed by atoms with van der Waals surface area (Å²) in [4.78, 5) is 0. The van der Waals surface area contributed by atoms with Crippen molar-refractivity contribution in [3.05, 3.63) is 28.8 Å². The lowest BCUT2D eigenvalue weighted by molar-refractivity contribution is 0.456. The lowest BCUT2D eigenvalue weighted by Gasteiger charge is -2.16. The Morgan fingerprint density at radius 3 is 2.40 bits per heavy atom. The molecule has 0 aliphatic heterocycles. The van der Waals surface area contributed by atoms with Crippen molar-refractivity contribution >= 4 is 0 Å². The van der Waals surface area contributed by atoms with E-state index in [4.69, 9.17) is 0 Å². The normalized spacial score (nSPS) is 17.8. The average Bonchev–Trinajstić information content (AvgIpc) is 2.95. The number of hydrogen-bond acceptors (Lipinski definition) is 2. The van der Waals surface area contributed by atoms with Crippen molar-refractivity contribution in [1.29, 1.82) is 0 Å². The molecule has 0 bridgehead atoms. The zero-order valence-corrected chi connectivity index (χ0v) is 9.72. The Morgan fingerprint density at radius 2 is 1.87 bits per heavy atom. The number of benzene rings is 1. The van der Waals surface area contributed by atoms with E-state index in [-0.39, 0.29) is 5.54 Å². The second kappa shape index (κ2) is 3.53. The van der Waals surface area contributed by atoms with Crippen molar-refractivity contribution in [2.45, 2.75) is 38.6 Å². The van der Waals surface area contributed by atoms with Gasteiger partial charge in [-0.25, -0.2) is 0 Å². The predicted octanol–water partition coefficient (Wildman–Crippen LogP) is 2.30. The van der Waals surface area contributed by atoms with E-state index >= 15 is 0 Å². The molecule has 0 radical (unpaired) electrons. The molecular weight excluding hydrogens is 186 g/mol. The van der Waals surface area contributed by atoms with Crippen LogP contribution in [0.1, 0.15) is 29.5 Å². The van der Waals surface area contributed by atoms with E-state index < -0.39 is 0 Å². The molecule has 1 aromatic carbocycles. The molecule has 0 saturated heterocycles. The number of rotatable bonds is 3. The van der Waals surface area contributed by atoms with Crippen molar-refractivity contribution < 1.29 is 5.11 Å². The maximum absolute atomic E-state index is 9.87. The standard InChI is InChI=1S/C13H19NO/c1-9-6-11(12(15)7-10(9)2)8-13(14-3)4-5-13/h6-7,14-15H,4-5,8H2,1-3H3. The second-order valence-electron chi connectivity index (χ2n) is 4.77. The molecular formula is C13H19NO. The van der Waals surface area contributed by atoms with E-state index in [1.165, 1.54) is 18.4 Å². The molecule has 0 amide bonds. The predicted molar refractivity (Wildman–Crippen MR) is 62.3 cm³/mol. The SMILES string of the molecule is CNC1(Cc2cc(C)c(C)cc2O)CC1. The van der Waals surface area contributed by atoms with E-state index in [2.05, 4.69) is 18.3 Å². The van der Waals surface area contributed by atoms with Crippen LogP contribution in [0.5, 0.6) is 5.75 Å². The van der Waals surface area contributed by atoms with Gasteiger partial charge in [-0.3, -0.25) is 0 Å². The van der Waals surface area contributed by atoms with Crippen LogP contribution in [0, 0.1) is 13.8 Å². The molecule has 0 heterocycles. The lowest BCUT2D eigenvalue weighted by atomic mass is 9.98. The number of phenols is 1. The van der Waals surface area contributed by atoms with Crippen LogP contribution in [0.3, 0.4) is 0 Å². The number of hydrogen-bond donors (Lipinski definition) is 2. The quantitative estimate of drug-likeness (QED) is 0.793. The van der Waals surface area contributed by atoms with E-state index in [0.717, 1.165) is 17.5 Å². The molecule has 2 heteroatoms. The van der Waals surface area contributed by atoms with Gasteiger partial charge in [-0.1, -0.05) is 6.07 Å². The number of nitrogens with one attached hydrogen (secondary N) is 1. The average molecular weight is 205 g/mol. The first-order chi connectivity index (χ1) is 7.06. The first kappa shape index (κ1) is 10.5. The fourth-order valence-electron chi connectivity index (χ4n) is 2.03. The third kappa shape index (κ3) is 2.00. The van der Waals surface area contributed by atoms with Gasteiger partial charge >= 0.3 is 0 Å². The Kier molecular flexibility index (Phi) is 2.47. The summed E-state index contributed by atoms with van der Waals surface area (Å²) < 4.78 is 0. The fourth-order valence-corrected chi connectivity index (χ4v) is 2.03. The highest BCUT2D eigenvalue weighted by Gasteiger charge is 2.41. The van der Waals surface area contributed by atoms with Crippen LogP contribution in [0.15, 0.2) is 12.1 Å². The molecule has 0 unspecified atom stereocenters. The van der Waals surface area contributed by atoms with E-state index in [9.17, 15) is 5.11 Å². The van der Waals surface area contributed by atoms with Gasteiger partial charge in [0.15, 0.2) is 0 Å². The number of aromatic hydroxyl groups is 1. The summed E-state index contributed by atoms with van der Waals surface area (Å²) in [5, 5.41) is 13.2. The van der Waals surface area contributed by atoms with Gasteiger partial charge in [-0.2, -0.15) is 0 Å². The molecule has 2 nitrogen and oxygen atoms in total. The van der Waals surface area contributed by atoms with E-state index in [1.54, 1.807) is 0 Å². The van der Waals surface area contributed by atoms with Crippen molar-refractivity contribution in [3.63, 3.8) is 0 Å². The van der Waals surface area contributed by atoms with Gasteiger partial charge in [0.25, 0.3) is 0 Å². The zero-order valence-electron chi connectivity index (χ0n) is 9.72. The van der Waals surface area contributed by atoms with Crippen molar-refractivity contribution in [3.8, 4) is 5.75 Å². The topological polar surface area (TPSA) is 32.3 Å². The van der Waals surface area contributed by atoms with Gasteiger partial charge in [0.2, 0.25) is 0 Å². The van der Waals surface area contributed by atoms with E-state index in [0.29, 0.717) is 5.75 Å². The van der Waals surface area contributed by atoms with Gasteiger partial charge in [0.1, 0.15) is 5.75 Å². The molecule has 1 aliphatic carbocycles. The van der Waals surface area contributed by atoms with Crippen LogP contribution in [0.25, 0.3) is 0 Å². The maximum Gasteiger partial charge on any atom is 0.119 e. The van der Waals surface area contributed by atoms with Gasteiger partial charge in [0, 0.05) is 5.54 Å². The molecule has 1 aliphatic rings. The molecule has 2 rings (SSSR count). The van der Waals surface area contributed by atoms with Crippen molar-refractivity contribution in [2.24, 2.45) is 0 Å². The molecule has 0 aromatic heterocycles. The highest BCUT2D eigenvalue weighted by atomic mass is 16.3. The lowest BCUT2D eigenvalue weighted by Crippen LogP contribution is -2.29. The highest BCUT2D eigenvalue weighted by molar-refractivity contribution is 5.42. The molecule has 0 atom stereocenters. The monoisotopic (exact) mass is 205 g/mol. The molecule has 1 aromatic rings. The van der Waals surface area contributed by atoms with E-state index in [1.807, 2.05) is 20.0 Å². The fraction of sp³-hybridized carbons (Fsp3) is 0.538. The van der Waals surface area contributed by atoms with Gasteiger partial charge in [0.05, 0.1) is 0 Å². The summed E-state index contributed by atoms with van der Waals surface area (Å²) in [6.45, 7) is 4.13. The largest absolute Gasteiger partial charge is 0.508 e. The molecule has 1 saturated carbocycles. The Bertz CT molecular complexity index is 380. The van der Waals surface area contributed by atoms with Crippen molar-refractivity contribution in [1.82, 2.24) is 5.32 Å². The number of likely N-dealkylation sites (N-methyl/N-ethyl adjacent to an activating group) is 1. The van der Waals surface area contributed by atoms with Crippen LogP contribution in [0.4, 0.5) is 0 Å². The first-order valence-electron chi connectivity index (χ1n) is 5.54. The summed E-state index contributed by atoms with van der Waals surface area (Å²) in [6, 6.07) is 3.98. The molecule has 82 valence electrons. The maximum atomic E-state index is 9.87. The highest BCUT2D eigenvalue weighted by Crippen LogP contribution is 2.40. The second-order valence-corrected chi connectivity index (χ2v) is 4.77. The smallest absolute Gasteiger partial charge is 0.119 e. The van der Waals surface area contributed by atoms with Crippen molar-refractivity contribution in [2.75, 3.05) is 7.05 Å². The Labute approximate surface area is 91.3 Å². The van der Waals surface area contributed by atoms with Crippen LogP contribution in [0.2, 0.25) is 0 Å². The Hall–Kier alpha value is -1.02. The Balaban J connectivity index is 2.25. The summed E-state index contributed by atoms with van der Waals surface area (Å²) >= 11 is 0. The Morgan fingerprint density at radius 1 is 1.27 bits per heavy atom. The number of aryl methyl sites for hydroxylation is 2. The third-order valence-corrected chi connectivity index (χ3v) is 3.61. The number of phenolic OH excluding ortho intramolecular Hbond substituents is 1. The van der Waals surface area contributed by atoms with Gasteiger partial charge in [-0.05, 0) is 62.9 Å². The third-order valence-electron chi connectivity index (χ3n) is 3.61. The minimum atomic E-state index is 0.263. The molecule has 2 N–H and O–H groups in total. The minimum Gasteiger partial charge on any atom is -0.508 e. The summed E-state index contributed by atoms with van der Waals surface area (Å²) in [6.07, 6.45) is 3.38. The molecule has 15 heavy (non-hydrogen) atoms. The van der Waals surface area contributed by atoms with Crippen LogP contribution in [-0.4, -0.2) is 17.7 Å². The summed E-state index contributed by atoms with van der Waals surface area (Å²) in [5.74, 6) is 0.444. The van der Waals surface area contributed by atoms with Crippen LogP contribution < -0.4 is 5.32 Å². The van der Waals surface area contributed by atoms with Gasteiger partial charge in [-0.15, -0.1) is 0 Å². The summed E-state index contributed by atoms with van der Waals surface area (Å²) in [5.41, 5.74) is 3.75. The van der Waals surface area contributed by atoms with Crippen LogP contribution >= 0.6 is 0 Å². The van der Waals surface area contributed by atoms with Crippen LogP contribution in [-0.2, 0) is 6.42 Å². The first-order valence-corrected chi connectivity index (χ1v) is 5.54.